The van der Waals surface area contributed by atoms with E-state index in [4.69, 9.17) is 4.74 Å². The molecule has 1 heterocycles. The fraction of sp³-hybridized carbons (Fsp3) is 0.700. The van der Waals surface area contributed by atoms with Crippen LogP contribution in [0.5, 0.6) is 0 Å². The summed E-state index contributed by atoms with van der Waals surface area (Å²) >= 11 is 1.73. The summed E-state index contributed by atoms with van der Waals surface area (Å²) in [6.07, 6.45) is 3.09. The van der Waals surface area contributed by atoms with Gasteiger partial charge < -0.3 is 10.1 Å². The zero-order valence-corrected chi connectivity index (χ0v) is 9.86. The summed E-state index contributed by atoms with van der Waals surface area (Å²) in [5.74, 6) is 0. The molecule has 0 fully saturated rings. The van der Waals surface area contributed by atoms with E-state index in [1.807, 2.05) is 20.2 Å². The van der Waals surface area contributed by atoms with E-state index < -0.39 is 0 Å². The fourth-order valence-corrected chi connectivity index (χ4v) is 2.35. The molecule has 0 aliphatic rings. The molecular formula is C10H18N2OS. The number of rotatable bonds is 6. The van der Waals surface area contributed by atoms with Gasteiger partial charge in [-0.25, -0.2) is 4.98 Å². The van der Waals surface area contributed by atoms with Gasteiger partial charge in [-0.3, -0.25) is 0 Å². The van der Waals surface area contributed by atoms with E-state index in [2.05, 4.69) is 17.2 Å². The summed E-state index contributed by atoms with van der Waals surface area (Å²) in [5, 5.41) is 4.21. The average Bonchev–Trinajstić information content (AvgIpc) is 2.63. The largest absolute Gasteiger partial charge is 0.371 e. The van der Waals surface area contributed by atoms with Gasteiger partial charge in [-0.05, 0) is 20.4 Å². The van der Waals surface area contributed by atoms with Gasteiger partial charge in [0.2, 0.25) is 0 Å². The van der Waals surface area contributed by atoms with Crippen LogP contribution in [0.3, 0.4) is 0 Å². The molecule has 0 aromatic carbocycles. The van der Waals surface area contributed by atoms with Crippen molar-refractivity contribution in [3.05, 3.63) is 16.1 Å². The second kappa shape index (κ2) is 6.11. The Hall–Kier alpha value is -0.450. The Morgan fingerprint density at radius 2 is 2.36 bits per heavy atom. The van der Waals surface area contributed by atoms with Crippen molar-refractivity contribution in [2.75, 3.05) is 13.7 Å². The predicted octanol–water partition coefficient (Wildman–Crippen LogP) is 2.35. The minimum Gasteiger partial charge on any atom is -0.371 e. The van der Waals surface area contributed by atoms with Crippen LogP contribution in [0, 0.1) is 0 Å². The maximum Gasteiger partial charge on any atom is 0.122 e. The molecule has 0 bridgehead atoms. The van der Waals surface area contributed by atoms with E-state index in [1.165, 1.54) is 4.88 Å². The standard InChI is InChI=1S/C10H18N2OS/c1-4-9(13-5-2)10-12-7-8(14-10)6-11-3/h7,9,11H,4-6H2,1-3H3. The lowest BCUT2D eigenvalue weighted by atomic mass is 10.3. The highest BCUT2D eigenvalue weighted by molar-refractivity contribution is 7.11. The third-order valence-electron chi connectivity index (χ3n) is 1.94. The molecule has 0 amide bonds. The zero-order valence-electron chi connectivity index (χ0n) is 9.04. The van der Waals surface area contributed by atoms with Crippen molar-refractivity contribution in [1.29, 1.82) is 0 Å². The smallest absolute Gasteiger partial charge is 0.122 e. The maximum absolute atomic E-state index is 5.60. The zero-order chi connectivity index (χ0) is 10.4. The van der Waals surface area contributed by atoms with Crippen molar-refractivity contribution in [3.63, 3.8) is 0 Å². The van der Waals surface area contributed by atoms with Crippen LogP contribution in [0.4, 0.5) is 0 Å². The van der Waals surface area contributed by atoms with Crippen LogP contribution in [-0.2, 0) is 11.3 Å². The number of nitrogens with zero attached hydrogens (tertiary/aromatic N) is 1. The third kappa shape index (κ3) is 3.04. The molecule has 0 spiro atoms. The van der Waals surface area contributed by atoms with Crippen LogP contribution in [0.15, 0.2) is 6.20 Å². The topological polar surface area (TPSA) is 34.1 Å². The van der Waals surface area contributed by atoms with E-state index in [0.29, 0.717) is 0 Å². The molecule has 80 valence electrons. The first-order chi connectivity index (χ1) is 6.81. The van der Waals surface area contributed by atoms with Crippen LogP contribution < -0.4 is 5.32 Å². The lowest BCUT2D eigenvalue weighted by Gasteiger charge is -2.10. The average molecular weight is 214 g/mol. The summed E-state index contributed by atoms with van der Waals surface area (Å²) in [4.78, 5) is 5.64. The molecule has 1 rings (SSSR count). The normalized spacial score (nSPS) is 13.1. The van der Waals surface area contributed by atoms with Crippen LogP contribution >= 0.6 is 11.3 Å². The molecular weight excluding hydrogens is 196 g/mol. The molecule has 1 N–H and O–H groups in total. The Morgan fingerprint density at radius 3 is 2.93 bits per heavy atom. The molecule has 3 nitrogen and oxygen atoms in total. The first kappa shape index (κ1) is 11.6. The van der Waals surface area contributed by atoms with Crippen molar-refractivity contribution in [1.82, 2.24) is 10.3 Å². The molecule has 0 saturated heterocycles. The summed E-state index contributed by atoms with van der Waals surface area (Å²) in [7, 11) is 1.94. The molecule has 0 aliphatic heterocycles. The quantitative estimate of drug-likeness (QED) is 0.789. The molecule has 1 unspecified atom stereocenters. The summed E-state index contributed by atoms with van der Waals surface area (Å²) in [5.41, 5.74) is 0. The van der Waals surface area contributed by atoms with Gasteiger partial charge in [0, 0.05) is 24.2 Å². The van der Waals surface area contributed by atoms with Crippen molar-refractivity contribution >= 4 is 11.3 Å². The minimum absolute atomic E-state index is 0.176. The van der Waals surface area contributed by atoms with E-state index in [0.717, 1.165) is 24.6 Å². The lowest BCUT2D eigenvalue weighted by Crippen LogP contribution is -2.03. The number of ether oxygens (including phenoxy) is 1. The van der Waals surface area contributed by atoms with Gasteiger partial charge >= 0.3 is 0 Å². The fourth-order valence-electron chi connectivity index (χ4n) is 1.29. The highest BCUT2D eigenvalue weighted by atomic mass is 32.1. The van der Waals surface area contributed by atoms with Gasteiger partial charge in [0.15, 0.2) is 0 Å². The number of nitrogens with one attached hydrogen (secondary N) is 1. The second-order valence-corrected chi connectivity index (χ2v) is 4.19. The third-order valence-corrected chi connectivity index (χ3v) is 3.03. The first-order valence-corrected chi connectivity index (χ1v) is 5.84. The van der Waals surface area contributed by atoms with Gasteiger partial charge in [0.25, 0.3) is 0 Å². The Labute approximate surface area is 89.5 Å². The van der Waals surface area contributed by atoms with Crippen LogP contribution in [0.1, 0.15) is 36.3 Å². The molecule has 1 aromatic heterocycles. The van der Waals surface area contributed by atoms with Gasteiger partial charge in [0.05, 0.1) is 0 Å². The Kier molecular flexibility index (Phi) is 5.07. The Balaban J connectivity index is 2.63. The number of aromatic nitrogens is 1. The van der Waals surface area contributed by atoms with Gasteiger partial charge in [0.1, 0.15) is 11.1 Å². The molecule has 1 atom stereocenters. The van der Waals surface area contributed by atoms with E-state index in [-0.39, 0.29) is 6.10 Å². The lowest BCUT2D eigenvalue weighted by molar-refractivity contribution is 0.0596. The molecule has 0 radical (unpaired) electrons. The van der Waals surface area contributed by atoms with Gasteiger partial charge in [-0.1, -0.05) is 6.92 Å². The maximum atomic E-state index is 5.60. The predicted molar refractivity (Wildman–Crippen MR) is 59.5 cm³/mol. The van der Waals surface area contributed by atoms with E-state index in [1.54, 1.807) is 11.3 Å². The first-order valence-electron chi connectivity index (χ1n) is 5.02. The molecule has 0 aliphatic carbocycles. The van der Waals surface area contributed by atoms with Crippen molar-refractivity contribution < 1.29 is 4.74 Å². The van der Waals surface area contributed by atoms with E-state index in [9.17, 15) is 0 Å². The van der Waals surface area contributed by atoms with Gasteiger partial charge in [-0.2, -0.15) is 0 Å². The summed E-state index contributed by atoms with van der Waals surface area (Å²) in [6, 6.07) is 0. The SMILES string of the molecule is CCOC(CC)c1ncc(CNC)s1. The van der Waals surface area contributed by atoms with Crippen molar-refractivity contribution in [2.24, 2.45) is 0 Å². The van der Waals surface area contributed by atoms with Crippen molar-refractivity contribution in [2.45, 2.75) is 32.9 Å². The molecule has 14 heavy (non-hydrogen) atoms. The highest BCUT2D eigenvalue weighted by Gasteiger charge is 2.12. The van der Waals surface area contributed by atoms with Crippen LogP contribution in [0.2, 0.25) is 0 Å². The second-order valence-electron chi connectivity index (χ2n) is 3.05. The molecule has 1 aromatic rings. The molecule has 4 heteroatoms. The molecule has 0 saturated carbocycles. The van der Waals surface area contributed by atoms with Crippen LogP contribution in [-0.4, -0.2) is 18.6 Å². The monoisotopic (exact) mass is 214 g/mol. The highest BCUT2D eigenvalue weighted by Crippen LogP contribution is 2.25. The Bertz CT molecular complexity index is 262. The van der Waals surface area contributed by atoms with Gasteiger partial charge in [-0.15, -0.1) is 11.3 Å². The van der Waals surface area contributed by atoms with Crippen molar-refractivity contribution in [3.8, 4) is 0 Å². The van der Waals surface area contributed by atoms with Crippen LogP contribution in [0.25, 0.3) is 0 Å². The Morgan fingerprint density at radius 1 is 1.57 bits per heavy atom. The minimum atomic E-state index is 0.176. The number of hydrogen-bond acceptors (Lipinski definition) is 4. The number of hydrogen-bond donors (Lipinski definition) is 1. The van der Waals surface area contributed by atoms with E-state index >= 15 is 0 Å². The number of thiazole rings is 1. The summed E-state index contributed by atoms with van der Waals surface area (Å²) in [6.45, 7) is 5.78. The summed E-state index contributed by atoms with van der Waals surface area (Å²) < 4.78 is 5.60.